The van der Waals surface area contributed by atoms with E-state index in [-0.39, 0.29) is 12.4 Å². The van der Waals surface area contributed by atoms with Crippen molar-refractivity contribution in [1.82, 2.24) is 14.6 Å². The number of nitrogens with one attached hydrogen (secondary N) is 2. The summed E-state index contributed by atoms with van der Waals surface area (Å²) >= 11 is 0. The smallest absolute Gasteiger partial charge is 0.356 e. The number of rotatable bonds is 6. The maximum Gasteiger partial charge on any atom is 0.511 e. The van der Waals surface area contributed by atoms with Gasteiger partial charge in [0, 0.05) is 42.1 Å². The fraction of sp³-hybridized carbons (Fsp3) is 0.273. The highest BCUT2D eigenvalue weighted by Gasteiger charge is 2.46. The molecule has 1 amide bonds. The topological polar surface area (TPSA) is 91.4 Å². The van der Waals surface area contributed by atoms with E-state index in [9.17, 15) is 30.8 Å². The average Bonchev–Trinajstić information content (AvgIpc) is 3.26. The minimum Gasteiger partial charge on any atom is -0.356 e. The van der Waals surface area contributed by atoms with Gasteiger partial charge in [0.25, 0.3) is 5.91 Å². The van der Waals surface area contributed by atoms with Crippen LogP contribution in [0.4, 0.5) is 28.9 Å². The number of anilines is 2. The fourth-order valence-electron chi connectivity index (χ4n) is 3.87. The van der Waals surface area contributed by atoms with E-state index in [0.717, 1.165) is 0 Å². The molecule has 1 saturated heterocycles. The van der Waals surface area contributed by atoms with E-state index in [1.54, 1.807) is 35.1 Å². The summed E-state index contributed by atoms with van der Waals surface area (Å²) < 4.78 is 75.4. The van der Waals surface area contributed by atoms with Crippen molar-refractivity contribution in [2.75, 3.05) is 18.4 Å². The first-order valence-electron chi connectivity index (χ1n) is 10.3. The van der Waals surface area contributed by atoms with Gasteiger partial charge < -0.3 is 10.2 Å². The maximum atomic E-state index is 13.3. The molecule has 1 atom stereocenters. The molecule has 3 aromatic rings. The molecule has 0 bridgehead atoms. The van der Waals surface area contributed by atoms with Crippen LogP contribution < -0.4 is 10.0 Å². The molecule has 180 valence electrons. The minimum absolute atomic E-state index is 0.286. The Morgan fingerprint density at radius 2 is 1.79 bits per heavy atom. The van der Waals surface area contributed by atoms with Gasteiger partial charge in [-0.2, -0.15) is 13.2 Å². The van der Waals surface area contributed by atoms with Crippen LogP contribution in [-0.2, 0) is 10.0 Å². The third kappa shape index (κ3) is 4.97. The Morgan fingerprint density at radius 3 is 2.50 bits per heavy atom. The van der Waals surface area contributed by atoms with Crippen molar-refractivity contribution in [1.29, 1.82) is 0 Å². The summed E-state index contributed by atoms with van der Waals surface area (Å²) in [6.45, 7) is -0.247. The number of amides is 1. The van der Waals surface area contributed by atoms with Gasteiger partial charge in [-0.05, 0) is 61.4 Å². The van der Waals surface area contributed by atoms with Crippen molar-refractivity contribution in [3.8, 4) is 0 Å². The summed E-state index contributed by atoms with van der Waals surface area (Å²) in [7, 11) is -5.50. The first-order valence-corrected chi connectivity index (χ1v) is 11.8. The molecule has 12 heteroatoms. The normalized spacial score (nSPS) is 16.7. The van der Waals surface area contributed by atoms with E-state index in [1.807, 2.05) is 0 Å². The number of halogens is 4. The van der Waals surface area contributed by atoms with E-state index in [2.05, 4.69) is 10.3 Å². The molecular formula is C22H20F4N4O3S. The molecule has 2 N–H and O–H groups in total. The van der Waals surface area contributed by atoms with Crippen molar-refractivity contribution >= 4 is 38.2 Å². The van der Waals surface area contributed by atoms with Crippen molar-refractivity contribution in [3.05, 3.63) is 66.1 Å². The number of hydrogen-bond acceptors (Lipinski definition) is 5. The second-order valence-corrected chi connectivity index (χ2v) is 9.57. The third-order valence-corrected chi connectivity index (χ3v) is 6.71. The van der Waals surface area contributed by atoms with E-state index in [4.69, 9.17) is 0 Å². The molecule has 0 radical (unpaired) electrons. The van der Waals surface area contributed by atoms with Crippen LogP contribution in [0.3, 0.4) is 0 Å². The molecule has 0 saturated carbocycles. The van der Waals surface area contributed by atoms with Gasteiger partial charge >= 0.3 is 15.5 Å². The Bertz CT molecular complexity index is 1310. The SMILES string of the molecule is O=C(c1ccnc2ccc(Nc3ccc(F)cc3)cc12)N1CCC[C@H]1CNS(=O)(=O)C(F)(F)F. The van der Waals surface area contributed by atoms with E-state index < -0.39 is 34.0 Å². The number of aromatic nitrogens is 1. The number of carbonyl (C=O) groups is 1. The molecule has 1 aliphatic rings. The number of pyridine rings is 1. The molecule has 1 aliphatic heterocycles. The van der Waals surface area contributed by atoms with Crippen LogP contribution in [0.25, 0.3) is 10.9 Å². The molecule has 4 rings (SSSR count). The number of alkyl halides is 3. The van der Waals surface area contributed by atoms with Crippen LogP contribution in [-0.4, -0.2) is 48.8 Å². The maximum absolute atomic E-state index is 13.3. The van der Waals surface area contributed by atoms with Crippen LogP contribution in [0.5, 0.6) is 0 Å². The summed E-state index contributed by atoms with van der Waals surface area (Å²) in [6, 6.07) is 11.7. The largest absolute Gasteiger partial charge is 0.511 e. The third-order valence-electron chi connectivity index (χ3n) is 5.56. The van der Waals surface area contributed by atoms with Gasteiger partial charge in [0.15, 0.2) is 0 Å². The second kappa shape index (κ2) is 9.18. The molecular weight excluding hydrogens is 476 g/mol. The average molecular weight is 496 g/mol. The van der Waals surface area contributed by atoms with Crippen molar-refractivity contribution in [2.24, 2.45) is 0 Å². The number of nitrogens with zero attached hydrogens (tertiary/aromatic N) is 2. The molecule has 0 unspecified atom stereocenters. The second-order valence-electron chi connectivity index (χ2n) is 7.81. The summed E-state index contributed by atoms with van der Waals surface area (Å²) in [5, 5.41) is 3.63. The number of benzene rings is 2. The zero-order valence-corrected chi connectivity index (χ0v) is 18.5. The molecule has 2 aromatic carbocycles. The summed E-state index contributed by atoms with van der Waals surface area (Å²) in [5.41, 5.74) is -3.34. The molecule has 1 aromatic heterocycles. The van der Waals surface area contributed by atoms with E-state index in [1.165, 1.54) is 29.3 Å². The highest BCUT2D eigenvalue weighted by Crippen LogP contribution is 2.28. The molecule has 2 heterocycles. The van der Waals surface area contributed by atoms with Crippen LogP contribution in [0.2, 0.25) is 0 Å². The van der Waals surface area contributed by atoms with Crippen LogP contribution in [0.15, 0.2) is 54.7 Å². The van der Waals surface area contributed by atoms with Crippen molar-refractivity contribution in [2.45, 2.75) is 24.4 Å². The number of hydrogen-bond donors (Lipinski definition) is 2. The van der Waals surface area contributed by atoms with Gasteiger partial charge in [-0.25, -0.2) is 17.5 Å². The minimum atomic E-state index is -5.50. The van der Waals surface area contributed by atoms with E-state index in [0.29, 0.717) is 40.7 Å². The standard InChI is InChI=1S/C22H20F4N4O3S/c23-14-3-5-15(6-4-14)29-16-7-8-20-19(12-16)18(9-10-27-20)21(31)30-11-1-2-17(30)13-28-34(32,33)22(24,25)26/h3-10,12,17,28-29H,1-2,11,13H2/t17-/m0/s1. The summed E-state index contributed by atoms with van der Waals surface area (Å²) in [6.07, 6.45) is 2.36. The van der Waals surface area contributed by atoms with Crippen LogP contribution in [0.1, 0.15) is 23.2 Å². The van der Waals surface area contributed by atoms with Gasteiger partial charge in [0.2, 0.25) is 0 Å². The Labute approximate surface area is 192 Å². The Balaban J connectivity index is 1.58. The Kier molecular flexibility index (Phi) is 6.45. The highest BCUT2D eigenvalue weighted by atomic mass is 32.2. The molecule has 1 fully saturated rings. The van der Waals surface area contributed by atoms with Gasteiger partial charge in [-0.15, -0.1) is 0 Å². The first kappa shape index (κ1) is 23.9. The quantitative estimate of drug-likeness (QED) is 0.500. The molecule has 34 heavy (non-hydrogen) atoms. The van der Waals surface area contributed by atoms with Gasteiger partial charge in [0.05, 0.1) is 11.1 Å². The number of sulfonamides is 1. The molecule has 7 nitrogen and oxygen atoms in total. The fourth-order valence-corrected chi connectivity index (χ4v) is 4.44. The number of likely N-dealkylation sites (tertiary alicyclic amines) is 1. The highest BCUT2D eigenvalue weighted by molar-refractivity contribution is 7.90. The molecule has 0 aliphatic carbocycles. The van der Waals surface area contributed by atoms with Crippen molar-refractivity contribution in [3.63, 3.8) is 0 Å². The van der Waals surface area contributed by atoms with Gasteiger partial charge in [0.1, 0.15) is 5.82 Å². The summed E-state index contributed by atoms with van der Waals surface area (Å²) in [4.78, 5) is 19.0. The zero-order valence-electron chi connectivity index (χ0n) is 17.6. The predicted molar refractivity (Wildman–Crippen MR) is 118 cm³/mol. The van der Waals surface area contributed by atoms with Crippen molar-refractivity contribution < 1.29 is 30.8 Å². The van der Waals surface area contributed by atoms with Crippen LogP contribution >= 0.6 is 0 Å². The lowest BCUT2D eigenvalue weighted by Crippen LogP contribution is -2.46. The summed E-state index contributed by atoms with van der Waals surface area (Å²) in [5.74, 6) is -0.807. The Morgan fingerprint density at radius 1 is 1.09 bits per heavy atom. The predicted octanol–water partition coefficient (Wildman–Crippen LogP) is 4.16. The lowest BCUT2D eigenvalue weighted by Gasteiger charge is -2.25. The van der Waals surface area contributed by atoms with Crippen LogP contribution in [0, 0.1) is 5.82 Å². The lowest BCUT2D eigenvalue weighted by atomic mass is 10.1. The van der Waals surface area contributed by atoms with E-state index >= 15 is 0 Å². The van der Waals surface area contributed by atoms with Gasteiger partial charge in [-0.1, -0.05) is 0 Å². The van der Waals surface area contributed by atoms with Gasteiger partial charge in [-0.3, -0.25) is 9.78 Å². The monoisotopic (exact) mass is 496 g/mol. The lowest BCUT2D eigenvalue weighted by molar-refractivity contribution is -0.0448. The zero-order chi connectivity index (χ0) is 24.5. The first-order chi connectivity index (χ1) is 16.0. The number of carbonyl (C=O) groups excluding carboxylic acids is 1. The molecule has 0 spiro atoms. The Hall–Kier alpha value is -3.25. The number of fused-ring (bicyclic) bond motifs is 1.